The van der Waals surface area contributed by atoms with Crippen LogP contribution in [0, 0.1) is 5.92 Å². The van der Waals surface area contributed by atoms with Crippen molar-refractivity contribution in [1.82, 2.24) is 15.5 Å². The van der Waals surface area contributed by atoms with Gasteiger partial charge in [0.15, 0.2) is 0 Å². The van der Waals surface area contributed by atoms with E-state index in [1.165, 1.54) is 17.0 Å². The molecule has 0 radical (unpaired) electrons. The van der Waals surface area contributed by atoms with Gasteiger partial charge in [0, 0.05) is 13.1 Å². The van der Waals surface area contributed by atoms with Crippen molar-refractivity contribution in [2.24, 2.45) is 5.92 Å². The molecule has 3 N–H and O–H groups in total. The summed E-state index contributed by atoms with van der Waals surface area (Å²) in [5.74, 6) is -1.66. The Labute approximate surface area is 245 Å². The monoisotopic (exact) mass is 577 g/mol. The lowest BCUT2D eigenvalue weighted by Gasteiger charge is -2.36. The Kier molecular flexibility index (Phi) is 15.9. The van der Waals surface area contributed by atoms with Gasteiger partial charge in [0.25, 0.3) is 0 Å². The first-order chi connectivity index (χ1) is 19.3. The van der Waals surface area contributed by atoms with Crippen molar-refractivity contribution in [1.29, 1.82) is 0 Å². The van der Waals surface area contributed by atoms with E-state index in [2.05, 4.69) is 17.6 Å². The molecule has 0 saturated heterocycles. The van der Waals surface area contributed by atoms with E-state index in [1.54, 1.807) is 39.8 Å². The number of carbonyl (C=O) groups is 4. The molecule has 1 aromatic rings. The molecule has 3 atom stereocenters. The molecule has 0 aliphatic carbocycles. The number of carbonyl (C=O) groups excluding carboxylic acids is 4. The molecule has 1 rings (SSSR count). The predicted octanol–water partition coefficient (Wildman–Crippen LogP) is 5.24. The minimum Gasteiger partial charge on any atom is -0.508 e. The Hall–Kier alpha value is -3.30. The van der Waals surface area contributed by atoms with Crippen LogP contribution in [0.2, 0.25) is 0 Å². The van der Waals surface area contributed by atoms with Crippen LogP contribution in [0.3, 0.4) is 0 Å². The van der Waals surface area contributed by atoms with Gasteiger partial charge in [-0.05, 0) is 57.7 Å². The molecular weight excluding hydrogens is 526 g/mol. The highest BCUT2D eigenvalue weighted by atomic mass is 16.6. The zero-order valence-electron chi connectivity index (χ0n) is 26.0. The van der Waals surface area contributed by atoms with Gasteiger partial charge in [-0.2, -0.15) is 0 Å². The van der Waals surface area contributed by atoms with E-state index in [0.29, 0.717) is 18.4 Å². The predicted molar refractivity (Wildman–Crippen MR) is 158 cm³/mol. The third-order valence-corrected chi connectivity index (χ3v) is 6.62. The number of phenolic OH excluding ortho intramolecular Hbond substituents is 1. The Morgan fingerprint density at radius 2 is 1.71 bits per heavy atom. The fourth-order valence-corrected chi connectivity index (χ4v) is 4.33. The van der Waals surface area contributed by atoms with Crippen LogP contribution >= 0.6 is 0 Å². The molecule has 0 saturated carbocycles. The van der Waals surface area contributed by atoms with E-state index in [-0.39, 0.29) is 37.8 Å². The molecule has 3 unspecified atom stereocenters. The number of nitrogens with one attached hydrogen (secondary N) is 2. The number of amides is 3. The van der Waals surface area contributed by atoms with E-state index < -0.39 is 41.6 Å². The highest BCUT2D eigenvalue weighted by Crippen LogP contribution is 2.27. The third-order valence-electron chi connectivity index (χ3n) is 6.62. The van der Waals surface area contributed by atoms with E-state index >= 15 is 0 Å². The molecule has 3 amide bonds. The van der Waals surface area contributed by atoms with Crippen LogP contribution in [0.15, 0.2) is 24.3 Å². The number of hydrogen-bond donors (Lipinski definition) is 3. The molecule has 10 nitrogen and oxygen atoms in total. The fraction of sp³-hybridized carbons (Fsp3) is 0.677. The third kappa shape index (κ3) is 13.3. The van der Waals surface area contributed by atoms with Crippen molar-refractivity contribution >= 4 is 23.9 Å². The summed E-state index contributed by atoms with van der Waals surface area (Å²) in [6, 6.07) is 4.17. The van der Waals surface area contributed by atoms with E-state index in [4.69, 9.17) is 9.47 Å². The van der Waals surface area contributed by atoms with Gasteiger partial charge in [-0.15, -0.1) is 0 Å². The smallest absolute Gasteiger partial charge is 0.408 e. The number of aromatic hydroxyl groups is 1. The SMILES string of the molecule is CCCCCCCN(C(=O)C(NC(=O)OC(C)(C)C)C(C)CC)C(C(=O)NCCC(=O)OCC)c1cccc(O)c1. The summed E-state index contributed by atoms with van der Waals surface area (Å²) in [5.41, 5.74) is -0.338. The van der Waals surface area contributed by atoms with E-state index in [0.717, 1.165) is 25.7 Å². The summed E-state index contributed by atoms with van der Waals surface area (Å²) < 4.78 is 10.4. The lowest BCUT2D eigenvalue weighted by molar-refractivity contribution is -0.145. The van der Waals surface area contributed by atoms with Gasteiger partial charge in [0.2, 0.25) is 11.8 Å². The number of unbranched alkanes of at least 4 members (excludes halogenated alkanes) is 4. The van der Waals surface area contributed by atoms with Crippen molar-refractivity contribution in [2.45, 2.75) is 111 Å². The van der Waals surface area contributed by atoms with Gasteiger partial charge in [-0.1, -0.05) is 65.0 Å². The van der Waals surface area contributed by atoms with Crippen molar-refractivity contribution in [3.63, 3.8) is 0 Å². The minimum absolute atomic E-state index is 0.0208. The number of benzene rings is 1. The summed E-state index contributed by atoms with van der Waals surface area (Å²) in [4.78, 5) is 54.1. The second kappa shape index (κ2) is 18.2. The number of ether oxygens (including phenoxy) is 2. The van der Waals surface area contributed by atoms with Crippen LogP contribution in [-0.2, 0) is 23.9 Å². The first-order valence-electron chi connectivity index (χ1n) is 14.9. The molecule has 0 fully saturated rings. The fourth-order valence-electron chi connectivity index (χ4n) is 4.33. The number of phenols is 1. The van der Waals surface area contributed by atoms with Crippen LogP contribution in [-0.4, -0.2) is 65.2 Å². The molecular formula is C31H51N3O7. The second-order valence-electron chi connectivity index (χ2n) is 11.3. The second-order valence-corrected chi connectivity index (χ2v) is 11.3. The quantitative estimate of drug-likeness (QED) is 0.170. The average molecular weight is 578 g/mol. The molecule has 41 heavy (non-hydrogen) atoms. The number of alkyl carbamates (subject to hydrolysis) is 1. The van der Waals surface area contributed by atoms with Gasteiger partial charge in [0.1, 0.15) is 23.4 Å². The van der Waals surface area contributed by atoms with E-state index in [9.17, 15) is 24.3 Å². The maximum absolute atomic E-state index is 14.3. The number of hydrogen-bond acceptors (Lipinski definition) is 7. The van der Waals surface area contributed by atoms with Gasteiger partial charge in [-0.3, -0.25) is 14.4 Å². The van der Waals surface area contributed by atoms with Crippen molar-refractivity contribution in [3.05, 3.63) is 29.8 Å². The van der Waals surface area contributed by atoms with Crippen molar-refractivity contribution in [2.75, 3.05) is 19.7 Å². The Balaban J connectivity index is 3.45. The van der Waals surface area contributed by atoms with Crippen LogP contribution < -0.4 is 10.6 Å². The maximum Gasteiger partial charge on any atom is 0.408 e. The molecule has 232 valence electrons. The average Bonchev–Trinajstić information content (AvgIpc) is 2.89. The summed E-state index contributed by atoms with van der Waals surface area (Å²) >= 11 is 0. The summed E-state index contributed by atoms with van der Waals surface area (Å²) in [7, 11) is 0. The Morgan fingerprint density at radius 3 is 2.29 bits per heavy atom. The summed E-state index contributed by atoms with van der Waals surface area (Å²) in [6.45, 7) is 13.4. The molecule has 10 heteroatoms. The summed E-state index contributed by atoms with van der Waals surface area (Å²) in [5, 5.41) is 15.7. The zero-order chi connectivity index (χ0) is 31.0. The highest BCUT2D eigenvalue weighted by molar-refractivity contribution is 5.92. The first-order valence-corrected chi connectivity index (χ1v) is 14.9. The number of nitrogens with zero attached hydrogens (tertiary/aromatic N) is 1. The normalized spacial score (nSPS) is 13.4. The number of esters is 1. The highest BCUT2D eigenvalue weighted by Gasteiger charge is 2.38. The lowest BCUT2D eigenvalue weighted by Crippen LogP contribution is -2.55. The Bertz CT molecular complexity index is 977. The molecule has 0 spiro atoms. The summed E-state index contributed by atoms with van der Waals surface area (Å²) in [6.07, 6.45) is 4.49. The molecule has 0 aromatic heterocycles. The topological polar surface area (TPSA) is 134 Å². The van der Waals surface area contributed by atoms with Gasteiger partial charge >= 0.3 is 12.1 Å². The van der Waals surface area contributed by atoms with Gasteiger partial charge in [0.05, 0.1) is 13.0 Å². The number of rotatable bonds is 17. The van der Waals surface area contributed by atoms with Crippen molar-refractivity contribution < 1.29 is 33.8 Å². The zero-order valence-corrected chi connectivity index (χ0v) is 26.0. The van der Waals surface area contributed by atoms with Crippen molar-refractivity contribution in [3.8, 4) is 5.75 Å². The lowest BCUT2D eigenvalue weighted by atomic mass is 9.95. The van der Waals surface area contributed by atoms with E-state index in [1.807, 2.05) is 13.8 Å². The molecule has 1 aromatic carbocycles. The minimum atomic E-state index is -1.10. The largest absolute Gasteiger partial charge is 0.508 e. The van der Waals surface area contributed by atoms with Gasteiger partial charge < -0.3 is 30.1 Å². The van der Waals surface area contributed by atoms with Crippen LogP contribution in [0.1, 0.15) is 105 Å². The van der Waals surface area contributed by atoms with Crippen LogP contribution in [0.4, 0.5) is 4.79 Å². The molecule has 0 aliphatic heterocycles. The van der Waals surface area contributed by atoms with Crippen LogP contribution in [0.5, 0.6) is 5.75 Å². The maximum atomic E-state index is 14.3. The molecule has 0 bridgehead atoms. The Morgan fingerprint density at radius 1 is 1.02 bits per heavy atom. The van der Waals surface area contributed by atoms with Gasteiger partial charge in [-0.25, -0.2) is 4.79 Å². The molecule has 0 heterocycles. The molecule has 0 aliphatic rings. The van der Waals surface area contributed by atoms with Crippen LogP contribution in [0.25, 0.3) is 0 Å². The standard InChI is InChI=1S/C31H51N3O7/c1-8-11-12-13-14-20-34(29(38)26(22(4)9-2)33-30(39)41-31(5,6)7)27(23-16-15-17-24(35)21-23)28(37)32-19-18-25(36)40-10-3/h15-17,21-22,26-27,35H,8-14,18-20H2,1-7H3,(H,32,37)(H,33,39). The first kappa shape index (κ1) is 35.7.